The molecule has 0 bridgehead atoms. The number of rotatable bonds is 4. The van der Waals surface area contributed by atoms with Crippen molar-refractivity contribution in [2.75, 3.05) is 7.05 Å². The summed E-state index contributed by atoms with van der Waals surface area (Å²) in [5, 5.41) is 11.1. The van der Waals surface area contributed by atoms with Gasteiger partial charge in [-0.3, -0.25) is 4.79 Å². The molecule has 1 fully saturated rings. The standard InChI is InChI=1S/C22H19F2NO2S/c1-25-20(26)12-17(14-3-2-4-16(24)11-14)21(25)22(27)19-10-9-18(28-19)13-5-7-15(23)8-6-13/h2-11,17,21-22,27H,12H2,1H3/t17-,21-,22-/m1/s1. The van der Waals surface area contributed by atoms with E-state index in [0.29, 0.717) is 10.4 Å². The van der Waals surface area contributed by atoms with Crippen LogP contribution in [0.25, 0.3) is 10.4 Å². The average molecular weight is 399 g/mol. The molecule has 2 aromatic carbocycles. The molecule has 1 aliphatic heterocycles. The van der Waals surface area contributed by atoms with Gasteiger partial charge >= 0.3 is 0 Å². The zero-order chi connectivity index (χ0) is 19.8. The molecule has 144 valence electrons. The predicted molar refractivity (Wildman–Crippen MR) is 105 cm³/mol. The van der Waals surface area contributed by atoms with Gasteiger partial charge in [0.25, 0.3) is 0 Å². The number of amides is 1. The van der Waals surface area contributed by atoms with Crippen LogP contribution in [0.4, 0.5) is 8.78 Å². The topological polar surface area (TPSA) is 40.5 Å². The van der Waals surface area contributed by atoms with Gasteiger partial charge in [0.1, 0.15) is 17.7 Å². The van der Waals surface area contributed by atoms with Gasteiger partial charge in [0.2, 0.25) is 5.91 Å². The number of nitrogens with zero attached hydrogens (tertiary/aromatic N) is 1. The molecule has 0 saturated carbocycles. The number of halogens is 2. The number of carbonyl (C=O) groups is 1. The Labute approximate surface area is 165 Å². The molecule has 1 saturated heterocycles. The molecule has 1 N–H and O–H groups in total. The van der Waals surface area contributed by atoms with E-state index in [1.807, 2.05) is 12.1 Å². The number of hydrogen-bond acceptors (Lipinski definition) is 3. The molecule has 0 aliphatic carbocycles. The second-order valence-corrected chi connectivity index (χ2v) is 8.13. The SMILES string of the molecule is CN1C(=O)C[C@H](c2cccc(F)c2)[C@@H]1[C@H](O)c1ccc(-c2ccc(F)cc2)s1. The lowest BCUT2D eigenvalue weighted by atomic mass is 9.88. The van der Waals surface area contributed by atoms with Gasteiger partial charge in [0, 0.05) is 29.1 Å². The molecule has 4 rings (SSSR count). The summed E-state index contributed by atoms with van der Waals surface area (Å²) in [7, 11) is 1.67. The highest BCUT2D eigenvalue weighted by Gasteiger charge is 2.43. The maximum atomic E-state index is 13.7. The molecular weight excluding hydrogens is 380 g/mol. The number of benzene rings is 2. The van der Waals surface area contributed by atoms with Crippen LogP contribution in [0.2, 0.25) is 0 Å². The molecular formula is C22H19F2NO2S. The molecule has 3 atom stereocenters. The first-order valence-corrected chi connectivity index (χ1v) is 9.80. The second-order valence-electron chi connectivity index (χ2n) is 7.01. The van der Waals surface area contributed by atoms with Crippen LogP contribution in [0.1, 0.15) is 28.9 Å². The third-order valence-electron chi connectivity index (χ3n) is 5.29. The Hall–Kier alpha value is -2.57. The van der Waals surface area contributed by atoms with E-state index in [-0.39, 0.29) is 29.9 Å². The van der Waals surface area contributed by atoms with E-state index in [2.05, 4.69) is 0 Å². The summed E-state index contributed by atoms with van der Waals surface area (Å²) in [6.45, 7) is 0. The maximum Gasteiger partial charge on any atom is 0.223 e. The number of thiophene rings is 1. The Morgan fingerprint density at radius 3 is 2.54 bits per heavy atom. The van der Waals surface area contributed by atoms with Crippen LogP contribution in [-0.4, -0.2) is 29.0 Å². The highest BCUT2D eigenvalue weighted by atomic mass is 32.1. The van der Waals surface area contributed by atoms with Crippen molar-refractivity contribution in [3.63, 3.8) is 0 Å². The Morgan fingerprint density at radius 1 is 1.07 bits per heavy atom. The van der Waals surface area contributed by atoms with Crippen LogP contribution in [0.3, 0.4) is 0 Å². The lowest BCUT2D eigenvalue weighted by molar-refractivity contribution is -0.128. The Morgan fingerprint density at radius 2 is 1.82 bits per heavy atom. The van der Waals surface area contributed by atoms with Gasteiger partial charge in [-0.2, -0.15) is 0 Å². The predicted octanol–water partition coefficient (Wildman–Crippen LogP) is 4.74. The van der Waals surface area contributed by atoms with Crippen LogP contribution in [0.15, 0.2) is 60.7 Å². The van der Waals surface area contributed by atoms with Crippen molar-refractivity contribution in [3.8, 4) is 10.4 Å². The summed E-state index contributed by atoms with van der Waals surface area (Å²) >= 11 is 1.41. The van der Waals surface area contributed by atoms with Crippen LogP contribution in [0, 0.1) is 11.6 Å². The third kappa shape index (κ3) is 3.45. The van der Waals surface area contributed by atoms with E-state index < -0.39 is 12.1 Å². The van der Waals surface area contributed by atoms with Crippen LogP contribution < -0.4 is 0 Å². The van der Waals surface area contributed by atoms with Gasteiger partial charge in [-0.1, -0.05) is 24.3 Å². The first-order valence-electron chi connectivity index (χ1n) is 8.99. The Kier molecular flexibility index (Phi) is 5.00. The van der Waals surface area contributed by atoms with Crippen molar-refractivity contribution in [3.05, 3.63) is 82.7 Å². The monoisotopic (exact) mass is 399 g/mol. The van der Waals surface area contributed by atoms with E-state index in [4.69, 9.17) is 0 Å². The number of hydrogen-bond donors (Lipinski definition) is 1. The lowest BCUT2D eigenvalue weighted by Crippen LogP contribution is -2.36. The van der Waals surface area contributed by atoms with E-state index in [0.717, 1.165) is 10.4 Å². The largest absolute Gasteiger partial charge is 0.385 e. The number of likely N-dealkylation sites (tertiary alicyclic amines) is 1. The van der Waals surface area contributed by atoms with Gasteiger partial charge in [-0.25, -0.2) is 8.78 Å². The fourth-order valence-corrected chi connectivity index (χ4v) is 4.86. The molecule has 1 aliphatic rings. The zero-order valence-electron chi connectivity index (χ0n) is 15.2. The molecule has 1 aromatic heterocycles. The molecule has 28 heavy (non-hydrogen) atoms. The number of aliphatic hydroxyl groups is 1. The smallest absolute Gasteiger partial charge is 0.223 e. The molecule has 2 heterocycles. The van der Waals surface area contributed by atoms with E-state index >= 15 is 0 Å². The summed E-state index contributed by atoms with van der Waals surface area (Å²) in [5.74, 6) is -1.03. The fraction of sp³-hybridized carbons (Fsp3) is 0.227. The summed E-state index contributed by atoms with van der Waals surface area (Å²) in [6, 6.07) is 15.6. The quantitative estimate of drug-likeness (QED) is 0.688. The van der Waals surface area contributed by atoms with Crippen molar-refractivity contribution in [1.82, 2.24) is 4.90 Å². The molecule has 1 amide bonds. The minimum absolute atomic E-state index is 0.0753. The van der Waals surface area contributed by atoms with Crippen LogP contribution >= 0.6 is 11.3 Å². The normalized spacial score (nSPS) is 20.6. The molecule has 0 radical (unpaired) electrons. The number of likely N-dealkylation sites (N-methyl/N-ethyl adjacent to an activating group) is 1. The minimum atomic E-state index is -0.899. The van der Waals surface area contributed by atoms with Crippen molar-refractivity contribution < 1.29 is 18.7 Å². The molecule has 3 nitrogen and oxygen atoms in total. The van der Waals surface area contributed by atoms with Crippen molar-refractivity contribution in [2.45, 2.75) is 24.5 Å². The van der Waals surface area contributed by atoms with Crippen LogP contribution in [-0.2, 0) is 4.79 Å². The van der Waals surface area contributed by atoms with E-state index in [1.165, 1.54) is 35.6 Å². The molecule has 3 aromatic rings. The first kappa shape index (κ1) is 18.8. The van der Waals surface area contributed by atoms with Gasteiger partial charge < -0.3 is 10.0 Å². The third-order valence-corrected chi connectivity index (χ3v) is 6.50. The van der Waals surface area contributed by atoms with Gasteiger partial charge in [0.15, 0.2) is 0 Å². The zero-order valence-corrected chi connectivity index (χ0v) is 16.0. The maximum absolute atomic E-state index is 13.7. The molecule has 6 heteroatoms. The minimum Gasteiger partial charge on any atom is -0.385 e. The van der Waals surface area contributed by atoms with Crippen molar-refractivity contribution in [1.29, 1.82) is 0 Å². The summed E-state index contributed by atoms with van der Waals surface area (Å²) < 4.78 is 26.9. The Balaban J connectivity index is 1.64. The highest BCUT2D eigenvalue weighted by Crippen LogP contribution is 2.42. The molecule has 0 spiro atoms. The van der Waals surface area contributed by atoms with Crippen molar-refractivity contribution in [2.24, 2.45) is 0 Å². The van der Waals surface area contributed by atoms with Crippen LogP contribution in [0.5, 0.6) is 0 Å². The number of aliphatic hydroxyl groups excluding tert-OH is 1. The number of carbonyl (C=O) groups excluding carboxylic acids is 1. The summed E-state index contributed by atoms with van der Waals surface area (Å²) in [6.07, 6.45) is -0.665. The Bertz CT molecular complexity index is 1000. The average Bonchev–Trinajstić information content (AvgIpc) is 3.28. The van der Waals surface area contributed by atoms with E-state index in [9.17, 15) is 18.7 Å². The second kappa shape index (κ2) is 7.45. The lowest BCUT2D eigenvalue weighted by Gasteiger charge is -2.29. The van der Waals surface area contributed by atoms with Gasteiger partial charge in [-0.05, 0) is 47.5 Å². The summed E-state index contributed by atoms with van der Waals surface area (Å²) in [4.78, 5) is 15.5. The van der Waals surface area contributed by atoms with Crippen molar-refractivity contribution >= 4 is 17.2 Å². The van der Waals surface area contributed by atoms with Gasteiger partial charge in [-0.15, -0.1) is 11.3 Å². The highest BCUT2D eigenvalue weighted by molar-refractivity contribution is 7.15. The van der Waals surface area contributed by atoms with E-state index in [1.54, 1.807) is 36.2 Å². The first-order chi connectivity index (χ1) is 13.4. The fourth-order valence-electron chi connectivity index (χ4n) is 3.82. The summed E-state index contributed by atoms with van der Waals surface area (Å²) in [5.41, 5.74) is 1.57. The molecule has 0 unspecified atom stereocenters. The van der Waals surface area contributed by atoms with Gasteiger partial charge in [0.05, 0.1) is 6.04 Å².